The summed E-state index contributed by atoms with van der Waals surface area (Å²) in [5, 5.41) is 4.13. The van der Waals surface area contributed by atoms with Crippen molar-refractivity contribution in [2.45, 2.75) is 19.3 Å². The molecule has 0 aliphatic heterocycles. The summed E-state index contributed by atoms with van der Waals surface area (Å²) >= 11 is 0. The largest absolute Gasteiger partial charge is 0.272 e. The van der Waals surface area contributed by atoms with E-state index in [1.807, 2.05) is 17.9 Å². The molecule has 2 heteroatoms. The lowest BCUT2D eigenvalue weighted by Crippen LogP contribution is -1.95. The van der Waals surface area contributed by atoms with Crippen LogP contribution in [0, 0.1) is 5.92 Å². The van der Waals surface area contributed by atoms with Crippen LogP contribution in [0.2, 0.25) is 0 Å². The fourth-order valence-electron chi connectivity index (χ4n) is 1.48. The molecule has 1 aliphatic rings. The Bertz CT molecular complexity index is 239. The molecular formula is C8H12N2. The summed E-state index contributed by atoms with van der Waals surface area (Å²) in [7, 11) is 2.01. The standard InChI is InChI=1S/C8H12N2/c1-6-5-7(6)8-3-4-9-10(8)2/h3-4,6-7H,5H2,1-2H3/t6-,7+/m0/s1. The second kappa shape index (κ2) is 1.84. The fraction of sp³-hybridized carbons (Fsp3) is 0.625. The van der Waals surface area contributed by atoms with Crippen molar-refractivity contribution in [2.75, 3.05) is 0 Å². The van der Waals surface area contributed by atoms with Gasteiger partial charge in [-0.15, -0.1) is 0 Å². The normalized spacial score (nSPS) is 30.6. The fourth-order valence-corrected chi connectivity index (χ4v) is 1.48. The highest BCUT2D eigenvalue weighted by atomic mass is 15.3. The molecule has 0 bridgehead atoms. The third-order valence-electron chi connectivity index (χ3n) is 2.35. The highest BCUT2D eigenvalue weighted by Gasteiger charge is 2.35. The Hall–Kier alpha value is -0.790. The minimum absolute atomic E-state index is 0.799. The van der Waals surface area contributed by atoms with Gasteiger partial charge in [-0.05, 0) is 18.4 Å². The van der Waals surface area contributed by atoms with E-state index >= 15 is 0 Å². The molecule has 1 heterocycles. The Morgan fingerprint density at radius 3 is 2.80 bits per heavy atom. The Balaban J connectivity index is 2.26. The lowest BCUT2D eigenvalue weighted by molar-refractivity contribution is 0.700. The van der Waals surface area contributed by atoms with Crippen LogP contribution < -0.4 is 0 Å². The first-order valence-corrected chi connectivity index (χ1v) is 3.77. The average molecular weight is 136 g/mol. The van der Waals surface area contributed by atoms with Crippen LogP contribution in [0.25, 0.3) is 0 Å². The molecule has 1 fully saturated rings. The van der Waals surface area contributed by atoms with Crippen molar-refractivity contribution in [3.05, 3.63) is 18.0 Å². The third-order valence-corrected chi connectivity index (χ3v) is 2.35. The first kappa shape index (κ1) is 5.96. The first-order chi connectivity index (χ1) is 4.79. The minimum Gasteiger partial charge on any atom is -0.272 e. The first-order valence-electron chi connectivity index (χ1n) is 3.77. The Labute approximate surface area is 60.9 Å². The SMILES string of the molecule is C[C@H]1C[C@H]1c1ccnn1C. The van der Waals surface area contributed by atoms with E-state index in [9.17, 15) is 0 Å². The van der Waals surface area contributed by atoms with Gasteiger partial charge in [0.25, 0.3) is 0 Å². The summed E-state index contributed by atoms with van der Waals surface area (Å²) in [5.41, 5.74) is 1.40. The van der Waals surface area contributed by atoms with Gasteiger partial charge in [-0.2, -0.15) is 5.10 Å². The van der Waals surface area contributed by atoms with Gasteiger partial charge in [0.2, 0.25) is 0 Å². The van der Waals surface area contributed by atoms with Crippen LogP contribution >= 0.6 is 0 Å². The van der Waals surface area contributed by atoms with E-state index < -0.39 is 0 Å². The van der Waals surface area contributed by atoms with E-state index in [4.69, 9.17) is 0 Å². The number of aryl methyl sites for hydroxylation is 1. The molecular weight excluding hydrogens is 124 g/mol. The van der Waals surface area contributed by atoms with Crippen molar-refractivity contribution < 1.29 is 0 Å². The second-order valence-corrected chi connectivity index (χ2v) is 3.20. The van der Waals surface area contributed by atoms with Crippen molar-refractivity contribution in [1.82, 2.24) is 9.78 Å². The molecule has 1 saturated carbocycles. The minimum atomic E-state index is 0.799. The molecule has 54 valence electrons. The van der Waals surface area contributed by atoms with Crippen LogP contribution in [-0.4, -0.2) is 9.78 Å². The maximum Gasteiger partial charge on any atom is 0.0492 e. The zero-order valence-corrected chi connectivity index (χ0v) is 6.41. The van der Waals surface area contributed by atoms with Crippen LogP contribution in [0.4, 0.5) is 0 Å². The van der Waals surface area contributed by atoms with E-state index in [0.717, 1.165) is 11.8 Å². The molecule has 0 amide bonds. The van der Waals surface area contributed by atoms with Crippen LogP contribution in [0.5, 0.6) is 0 Å². The van der Waals surface area contributed by atoms with E-state index in [1.165, 1.54) is 12.1 Å². The summed E-state index contributed by atoms with van der Waals surface area (Å²) in [6.07, 6.45) is 3.22. The van der Waals surface area contributed by atoms with E-state index in [2.05, 4.69) is 18.1 Å². The van der Waals surface area contributed by atoms with Crippen LogP contribution in [0.1, 0.15) is 25.0 Å². The molecule has 2 nitrogen and oxygen atoms in total. The van der Waals surface area contributed by atoms with Gasteiger partial charge in [0.1, 0.15) is 0 Å². The monoisotopic (exact) mass is 136 g/mol. The van der Waals surface area contributed by atoms with Gasteiger partial charge in [-0.1, -0.05) is 6.92 Å². The molecule has 0 N–H and O–H groups in total. The number of rotatable bonds is 1. The van der Waals surface area contributed by atoms with Crippen molar-refractivity contribution in [1.29, 1.82) is 0 Å². The second-order valence-electron chi connectivity index (χ2n) is 3.20. The summed E-state index contributed by atoms with van der Waals surface area (Å²) in [4.78, 5) is 0. The average Bonchev–Trinajstić information content (AvgIpc) is 2.42. The molecule has 10 heavy (non-hydrogen) atoms. The van der Waals surface area contributed by atoms with E-state index in [1.54, 1.807) is 0 Å². The van der Waals surface area contributed by atoms with Crippen molar-refractivity contribution in [2.24, 2.45) is 13.0 Å². The van der Waals surface area contributed by atoms with Gasteiger partial charge >= 0.3 is 0 Å². The Morgan fingerprint density at radius 1 is 1.70 bits per heavy atom. The van der Waals surface area contributed by atoms with Gasteiger partial charge in [-0.3, -0.25) is 4.68 Å². The third kappa shape index (κ3) is 0.753. The molecule has 2 rings (SSSR count). The van der Waals surface area contributed by atoms with Crippen LogP contribution in [0.3, 0.4) is 0 Å². The zero-order valence-electron chi connectivity index (χ0n) is 6.41. The Kier molecular flexibility index (Phi) is 1.10. The van der Waals surface area contributed by atoms with Gasteiger partial charge < -0.3 is 0 Å². The number of aromatic nitrogens is 2. The van der Waals surface area contributed by atoms with Crippen molar-refractivity contribution >= 4 is 0 Å². The molecule has 0 radical (unpaired) electrons. The van der Waals surface area contributed by atoms with Gasteiger partial charge in [0.15, 0.2) is 0 Å². The summed E-state index contributed by atoms with van der Waals surface area (Å²) < 4.78 is 1.98. The molecule has 0 saturated heterocycles. The predicted molar refractivity (Wildman–Crippen MR) is 39.7 cm³/mol. The summed E-state index contributed by atoms with van der Waals surface area (Å²) in [6.45, 7) is 2.29. The summed E-state index contributed by atoms with van der Waals surface area (Å²) in [5.74, 6) is 1.68. The molecule has 1 aromatic heterocycles. The lowest BCUT2D eigenvalue weighted by atomic mass is 10.2. The van der Waals surface area contributed by atoms with Gasteiger partial charge in [0.05, 0.1) is 0 Å². The highest BCUT2D eigenvalue weighted by molar-refractivity contribution is 5.15. The van der Waals surface area contributed by atoms with E-state index in [0.29, 0.717) is 0 Å². The maximum absolute atomic E-state index is 4.13. The maximum atomic E-state index is 4.13. The summed E-state index contributed by atoms with van der Waals surface area (Å²) in [6, 6.07) is 2.12. The van der Waals surface area contributed by atoms with Gasteiger partial charge in [-0.25, -0.2) is 0 Å². The Morgan fingerprint density at radius 2 is 2.40 bits per heavy atom. The molecule has 1 aliphatic carbocycles. The number of hydrogen-bond donors (Lipinski definition) is 0. The van der Waals surface area contributed by atoms with Crippen LogP contribution in [0.15, 0.2) is 12.3 Å². The molecule has 0 aromatic carbocycles. The molecule has 2 atom stereocenters. The van der Waals surface area contributed by atoms with Crippen molar-refractivity contribution in [3.63, 3.8) is 0 Å². The quantitative estimate of drug-likeness (QED) is 0.572. The van der Waals surface area contributed by atoms with Crippen molar-refractivity contribution in [3.8, 4) is 0 Å². The predicted octanol–water partition coefficient (Wildman–Crippen LogP) is 1.54. The molecule has 1 aromatic rings. The highest BCUT2D eigenvalue weighted by Crippen LogP contribution is 2.46. The molecule has 0 unspecified atom stereocenters. The smallest absolute Gasteiger partial charge is 0.0492 e. The van der Waals surface area contributed by atoms with E-state index in [-0.39, 0.29) is 0 Å². The lowest BCUT2D eigenvalue weighted by Gasteiger charge is -1.96. The molecule has 0 spiro atoms. The van der Waals surface area contributed by atoms with Crippen LogP contribution in [-0.2, 0) is 7.05 Å². The number of hydrogen-bond acceptors (Lipinski definition) is 1. The van der Waals surface area contributed by atoms with Gasteiger partial charge in [0, 0.05) is 24.9 Å². The zero-order chi connectivity index (χ0) is 7.14. The number of nitrogens with zero attached hydrogens (tertiary/aromatic N) is 2. The topological polar surface area (TPSA) is 17.8 Å².